The van der Waals surface area contributed by atoms with Gasteiger partial charge in [-0.05, 0) is 18.6 Å². The fraction of sp³-hybridized carbons (Fsp3) is 0.462. The van der Waals surface area contributed by atoms with Gasteiger partial charge in [0.25, 0.3) is 0 Å². The number of hydrogen-bond acceptors (Lipinski definition) is 3. The van der Waals surface area contributed by atoms with E-state index in [2.05, 4.69) is 22.6 Å². The lowest BCUT2D eigenvalue weighted by molar-refractivity contribution is -0.121. The van der Waals surface area contributed by atoms with Gasteiger partial charge in [0.15, 0.2) is 0 Å². The first kappa shape index (κ1) is 12.5. The second-order valence-corrected chi connectivity index (χ2v) is 4.29. The number of benzene rings is 1. The normalized spacial score (nSPS) is 10.7. The lowest BCUT2D eigenvalue weighted by atomic mass is 10.2. The fourth-order valence-electron chi connectivity index (χ4n) is 1.83. The van der Waals surface area contributed by atoms with Crippen LogP contribution in [-0.2, 0) is 11.3 Å². The molecular weight excluding hydrogens is 228 g/mol. The van der Waals surface area contributed by atoms with Crippen LogP contribution in [0.4, 0.5) is 0 Å². The molecule has 0 unspecified atom stereocenters. The van der Waals surface area contributed by atoms with E-state index in [-0.39, 0.29) is 12.5 Å². The molecule has 0 saturated heterocycles. The summed E-state index contributed by atoms with van der Waals surface area (Å²) in [4.78, 5) is 11.7. The molecule has 0 bridgehead atoms. The van der Waals surface area contributed by atoms with Gasteiger partial charge in [-0.15, -0.1) is 5.10 Å². The Balaban J connectivity index is 1.91. The summed E-state index contributed by atoms with van der Waals surface area (Å²) in [7, 11) is 0. The maximum absolute atomic E-state index is 11.7. The molecule has 0 saturated carbocycles. The van der Waals surface area contributed by atoms with Crippen molar-refractivity contribution < 1.29 is 4.79 Å². The van der Waals surface area contributed by atoms with E-state index >= 15 is 0 Å². The molecule has 5 nitrogen and oxygen atoms in total. The van der Waals surface area contributed by atoms with Crippen LogP contribution < -0.4 is 5.32 Å². The standard InChI is InChI=1S/C13H18N4O/c1-2-3-6-9-14-13(18)10-17-12-8-5-4-7-11(12)15-16-17/h4-5,7-8H,2-3,6,9-10H2,1H3,(H,14,18). The molecule has 0 fully saturated rings. The van der Waals surface area contributed by atoms with Crippen LogP contribution in [0.15, 0.2) is 24.3 Å². The van der Waals surface area contributed by atoms with Gasteiger partial charge < -0.3 is 5.32 Å². The van der Waals surface area contributed by atoms with E-state index in [1.807, 2.05) is 24.3 Å². The molecule has 5 heteroatoms. The molecule has 1 aromatic heterocycles. The summed E-state index contributed by atoms with van der Waals surface area (Å²) in [6, 6.07) is 7.63. The van der Waals surface area contributed by atoms with Gasteiger partial charge in [0.2, 0.25) is 5.91 Å². The van der Waals surface area contributed by atoms with E-state index in [1.54, 1.807) is 4.68 Å². The summed E-state index contributed by atoms with van der Waals surface area (Å²) in [6.07, 6.45) is 3.33. The predicted octanol–water partition coefficient (Wildman–Crippen LogP) is 1.74. The molecule has 1 heterocycles. The third-order valence-electron chi connectivity index (χ3n) is 2.82. The van der Waals surface area contributed by atoms with Crippen LogP contribution in [0.1, 0.15) is 26.2 Å². The first-order valence-electron chi connectivity index (χ1n) is 6.36. The highest BCUT2D eigenvalue weighted by Gasteiger charge is 2.07. The Hall–Kier alpha value is -1.91. The van der Waals surface area contributed by atoms with Gasteiger partial charge in [-0.2, -0.15) is 0 Å². The van der Waals surface area contributed by atoms with Crippen molar-refractivity contribution in [3.05, 3.63) is 24.3 Å². The van der Waals surface area contributed by atoms with Crippen molar-refractivity contribution in [2.75, 3.05) is 6.54 Å². The van der Waals surface area contributed by atoms with Crippen molar-refractivity contribution in [3.63, 3.8) is 0 Å². The predicted molar refractivity (Wildman–Crippen MR) is 70.1 cm³/mol. The van der Waals surface area contributed by atoms with E-state index in [1.165, 1.54) is 0 Å². The molecule has 0 spiro atoms. The Morgan fingerprint density at radius 2 is 2.17 bits per heavy atom. The number of unbranched alkanes of at least 4 members (excludes halogenated alkanes) is 2. The van der Waals surface area contributed by atoms with Crippen molar-refractivity contribution in [3.8, 4) is 0 Å². The highest BCUT2D eigenvalue weighted by Crippen LogP contribution is 2.09. The van der Waals surface area contributed by atoms with Gasteiger partial charge in [0.1, 0.15) is 12.1 Å². The summed E-state index contributed by atoms with van der Waals surface area (Å²) in [5.41, 5.74) is 1.71. The Bertz CT molecular complexity index is 520. The molecule has 18 heavy (non-hydrogen) atoms. The van der Waals surface area contributed by atoms with Gasteiger partial charge in [-0.1, -0.05) is 37.1 Å². The van der Waals surface area contributed by atoms with Gasteiger partial charge in [-0.3, -0.25) is 4.79 Å². The number of nitrogens with one attached hydrogen (secondary N) is 1. The average molecular weight is 246 g/mol. The highest BCUT2D eigenvalue weighted by atomic mass is 16.2. The van der Waals surface area contributed by atoms with Gasteiger partial charge in [-0.25, -0.2) is 4.68 Å². The molecule has 2 aromatic rings. The number of para-hydroxylation sites is 1. The van der Waals surface area contributed by atoms with Crippen molar-refractivity contribution in [2.24, 2.45) is 0 Å². The molecule has 0 radical (unpaired) electrons. The zero-order valence-corrected chi connectivity index (χ0v) is 10.6. The molecule has 0 atom stereocenters. The number of rotatable bonds is 6. The number of carbonyl (C=O) groups is 1. The molecular formula is C13H18N4O. The number of fused-ring (bicyclic) bond motifs is 1. The molecule has 0 aliphatic heterocycles. The van der Waals surface area contributed by atoms with Crippen LogP contribution in [0, 0.1) is 0 Å². The van der Waals surface area contributed by atoms with Crippen molar-refractivity contribution in [2.45, 2.75) is 32.7 Å². The zero-order valence-electron chi connectivity index (χ0n) is 10.6. The van der Waals surface area contributed by atoms with Crippen LogP contribution in [0.25, 0.3) is 11.0 Å². The van der Waals surface area contributed by atoms with Crippen LogP contribution in [0.3, 0.4) is 0 Å². The summed E-state index contributed by atoms with van der Waals surface area (Å²) in [5.74, 6) is -0.0123. The summed E-state index contributed by atoms with van der Waals surface area (Å²) in [5, 5.41) is 10.9. The van der Waals surface area contributed by atoms with Crippen molar-refractivity contribution in [1.29, 1.82) is 0 Å². The van der Waals surface area contributed by atoms with Crippen LogP contribution in [0.5, 0.6) is 0 Å². The average Bonchev–Trinajstić information content (AvgIpc) is 2.78. The first-order valence-corrected chi connectivity index (χ1v) is 6.36. The lowest BCUT2D eigenvalue weighted by Gasteiger charge is -2.04. The lowest BCUT2D eigenvalue weighted by Crippen LogP contribution is -2.28. The smallest absolute Gasteiger partial charge is 0.241 e. The van der Waals surface area contributed by atoms with E-state index in [0.29, 0.717) is 0 Å². The molecule has 1 aromatic carbocycles. The van der Waals surface area contributed by atoms with E-state index in [0.717, 1.165) is 36.8 Å². The molecule has 1 amide bonds. The van der Waals surface area contributed by atoms with E-state index in [9.17, 15) is 4.79 Å². The number of carbonyl (C=O) groups excluding carboxylic acids is 1. The summed E-state index contributed by atoms with van der Waals surface area (Å²) in [6.45, 7) is 3.11. The SMILES string of the molecule is CCCCCNC(=O)Cn1nnc2ccccc21. The Morgan fingerprint density at radius 1 is 1.33 bits per heavy atom. The second-order valence-electron chi connectivity index (χ2n) is 4.29. The summed E-state index contributed by atoms with van der Waals surface area (Å²) < 4.78 is 1.63. The van der Waals surface area contributed by atoms with Gasteiger partial charge in [0, 0.05) is 6.54 Å². The van der Waals surface area contributed by atoms with E-state index in [4.69, 9.17) is 0 Å². The van der Waals surface area contributed by atoms with E-state index < -0.39 is 0 Å². The zero-order chi connectivity index (χ0) is 12.8. The topological polar surface area (TPSA) is 59.8 Å². The molecule has 0 aliphatic rings. The van der Waals surface area contributed by atoms with Crippen LogP contribution in [-0.4, -0.2) is 27.4 Å². The minimum Gasteiger partial charge on any atom is -0.354 e. The fourth-order valence-corrected chi connectivity index (χ4v) is 1.83. The monoisotopic (exact) mass is 246 g/mol. The highest BCUT2D eigenvalue weighted by molar-refractivity contribution is 5.79. The third-order valence-corrected chi connectivity index (χ3v) is 2.82. The maximum atomic E-state index is 11.7. The minimum absolute atomic E-state index is 0.0123. The number of amides is 1. The largest absolute Gasteiger partial charge is 0.354 e. The third kappa shape index (κ3) is 3.06. The summed E-state index contributed by atoms with van der Waals surface area (Å²) >= 11 is 0. The number of nitrogens with zero attached hydrogens (tertiary/aromatic N) is 3. The van der Waals surface area contributed by atoms with Crippen LogP contribution in [0.2, 0.25) is 0 Å². The Labute approximate surface area is 106 Å². The van der Waals surface area contributed by atoms with Gasteiger partial charge >= 0.3 is 0 Å². The quantitative estimate of drug-likeness (QED) is 0.790. The van der Waals surface area contributed by atoms with Gasteiger partial charge in [0.05, 0.1) is 5.52 Å². The Kier molecular flexibility index (Phi) is 4.28. The number of aromatic nitrogens is 3. The molecule has 96 valence electrons. The van der Waals surface area contributed by atoms with Crippen molar-refractivity contribution in [1.82, 2.24) is 20.3 Å². The maximum Gasteiger partial charge on any atom is 0.241 e. The van der Waals surface area contributed by atoms with Crippen molar-refractivity contribution >= 4 is 16.9 Å². The Morgan fingerprint density at radius 3 is 3.00 bits per heavy atom. The minimum atomic E-state index is -0.0123. The molecule has 2 rings (SSSR count). The second kappa shape index (κ2) is 6.14. The molecule has 1 N–H and O–H groups in total. The first-order chi connectivity index (χ1) is 8.81. The van der Waals surface area contributed by atoms with Crippen LogP contribution >= 0.6 is 0 Å². The number of hydrogen-bond donors (Lipinski definition) is 1. The molecule has 0 aliphatic carbocycles.